The Bertz CT molecular complexity index is 243. The molecule has 0 saturated carbocycles. The zero-order valence-electron chi connectivity index (χ0n) is 7.88. The average molecular weight is 197 g/mol. The average Bonchev–Trinajstić information content (AvgIpc) is 2.65. The lowest BCUT2D eigenvalue weighted by molar-refractivity contribution is 0.0953. The Kier molecular flexibility index (Phi) is 4.54. The number of nitrogens with one attached hydrogen (secondary N) is 1. The molecule has 0 fully saturated rings. The summed E-state index contributed by atoms with van der Waals surface area (Å²) in [6.07, 6.45) is 3.45. The van der Waals surface area contributed by atoms with Crippen LogP contribution >= 0.6 is 11.3 Å². The summed E-state index contributed by atoms with van der Waals surface area (Å²) in [4.78, 5) is 11.4. The van der Waals surface area contributed by atoms with Crippen LogP contribution in [0.15, 0.2) is 16.8 Å². The molecule has 1 heterocycles. The van der Waals surface area contributed by atoms with Gasteiger partial charge in [0.25, 0.3) is 5.91 Å². The van der Waals surface area contributed by atoms with Gasteiger partial charge in [0, 0.05) is 17.5 Å². The van der Waals surface area contributed by atoms with E-state index in [0.717, 1.165) is 18.5 Å². The van der Waals surface area contributed by atoms with Gasteiger partial charge in [-0.15, -0.1) is 0 Å². The van der Waals surface area contributed by atoms with Crippen LogP contribution < -0.4 is 5.32 Å². The summed E-state index contributed by atoms with van der Waals surface area (Å²) in [6.45, 7) is 2.95. The third kappa shape index (κ3) is 3.59. The van der Waals surface area contributed by atoms with Crippen molar-refractivity contribution in [3.63, 3.8) is 0 Å². The fraction of sp³-hybridized carbons (Fsp3) is 0.500. The van der Waals surface area contributed by atoms with Gasteiger partial charge in [0.05, 0.1) is 0 Å². The highest BCUT2D eigenvalue weighted by molar-refractivity contribution is 7.08. The van der Waals surface area contributed by atoms with Crippen molar-refractivity contribution in [2.45, 2.75) is 26.2 Å². The van der Waals surface area contributed by atoms with E-state index in [4.69, 9.17) is 0 Å². The highest BCUT2D eigenvalue weighted by atomic mass is 32.1. The van der Waals surface area contributed by atoms with E-state index in [9.17, 15) is 4.79 Å². The molecule has 1 N–H and O–H groups in total. The molecule has 0 radical (unpaired) electrons. The fourth-order valence-electron chi connectivity index (χ4n) is 1.07. The van der Waals surface area contributed by atoms with Crippen LogP contribution in [0.1, 0.15) is 36.5 Å². The molecule has 0 bridgehead atoms. The van der Waals surface area contributed by atoms with Crippen LogP contribution in [-0.2, 0) is 0 Å². The largest absolute Gasteiger partial charge is 0.352 e. The van der Waals surface area contributed by atoms with Crippen molar-refractivity contribution < 1.29 is 4.79 Å². The summed E-state index contributed by atoms with van der Waals surface area (Å²) in [5, 5.41) is 6.68. The molecule has 72 valence electrons. The van der Waals surface area contributed by atoms with Crippen LogP contribution in [0, 0.1) is 0 Å². The van der Waals surface area contributed by atoms with Gasteiger partial charge in [-0.25, -0.2) is 0 Å². The molecule has 2 nitrogen and oxygen atoms in total. The molecule has 0 aliphatic rings. The van der Waals surface area contributed by atoms with E-state index in [-0.39, 0.29) is 5.91 Å². The third-order valence-electron chi connectivity index (χ3n) is 1.85. The molecular formula is C10H15NOS. The molecule has 0 aromatic carbocycles. The maximum Gasteiger partial charge on any atom is 0.252 e. The van der Waals surface area contributed by atoms with Gasteiger partial charge in [0.1, 0.15) is 0 Å². The molecule has 0 saturated heterocycles. The van der Waals surface area contributed by atoms with Gasteiger partial charge in [-0.2, -0.15) is 11.3 Å². The number of carbonyl (C=O) groups excluding carboxylic acids is 1. The van der Waals surface area contributed by atoms with Crippen molar-refractivity contribution in [1.82, 2.24) is 5.32 Å². The Balaban J connectivity index is 2.19. The molecule has 3 heteroatoms. The minimum absolute atomic E-state index is 0.0531. The monoisotopic (exact) mass is 197 g/mol. The molecule has 0 unspecified atom stereocenters. The summed E-state index contributed by atoms with van der Waals surface area (Å²) in [5.41, 5.74) is 0.779. The predicted octanol–water partition coefficient (Wildman–Crippen LogP) is 2.67. The molecule has 0 aliphatic heterocycles. The van der Waals surface area contributed by atoms with Crippen LogP contribution in [-0.4, -0.2) is 12.5 Å². The zero-order valence-corrected chi connectivity index (χ0v) is 8.69. The Morgan fingerprint density at radius 1 is 1.54 bits per heavy atom. The van der Waals surface area contributed by atoms with E-state index in [2.05, 4.69) is 12.2 Å². The Hall–Kier alpha value is -0.830. The Labute approximate surface area is 83.0 Å². The van der Waals surface area contributed by atoms with E-state index < -0.39 is 0 Å². The first-order valence-corrected chi connectivity index (χ1v) is 5.59. The summed E-state index contributed by atoms with van der Waals surface area (Å²) in [6, 6.07) is 1.85. The highest BCUT2D eigenvalue weighted by Gasteiger charge is 2.03. The van der Waals surface area contributed by atoms with E-state index in [1.165, 1.54) is 12.8 Å². The first kappa shape index (κ1) is 10.3. The minimum Gasteiger partial charge on any atom is -0.352 e. The van der Waals surface area contributed by atoms with Gasteiger partial charge in [-0.05, 0) is 17.9 Å². The molecule has 1 amide bonds. The van der Waals surface area contributed by atoms with Crippen LogP contribution in [0.2, 0.25) is 0 Å². The summed E-state index contributed by atoms with van der Waals surface area (Å²) in [5.74, 6) is 0.0531. The van der Waals surface area contributed by atoms with E-state index in [1.54, 1.807) is 11.3 Å². The smallest absolute Gasteiger partial charge is 0.252 e. The second-order valence-corrected chi connectivity index (χ2v) is 3.76. The molecule has 1 rings (SSSR count). The molecular weight excluding hydrogens is 182 g/mol. The fourth-order valence-corrected chi connectivity index (χ4v) is 1.71. The summed E-state index contributed by atoms with van der Waals surface area (Å²) < 4.78 is 0. The quantitative estimate of drug-likeness (QED) is 0.722. The maximum absolute atomic E-state index is 11.4. The molecule has 0 spiro atoms. The topological polar surface area (TPSA) is 29.1 Å². The van der Waals surface area contributed by atoms with Crippen molar-refractivity contribution in [3.8, 4) is 0 Å². The van der Waals surface area contributed by atoms with Crippen LogP contribution in [0.3, 0.4) is 0 Å². The SMILES string of the molecule is CCCCCNC(=O)c1ccsc1. The van der Waals surface area contributed by atoms with E-state index >= 15 is 0 Å². The summed E-state index contributed by atoms with van der Waals surface area (Å²) >= 11 is 1.55. The Morgan fingerprint density at radius 3 is 3.00 bits per heavy atom. The number of unbranched alkanes of at least 4 members (excludes halogenated alkanes) is 2. The second-order valence-electron chi connectivity index (χ2n) is 2.98. The molecule has 1 aromatic heterocycles. The molecule has 13 heavy (non-hydrogen) atoms. The second kappa shape index (κ2) is 5.75. The van der Waals surface area contributed by atoms with Crippen molar-refractivity contribution in [1.29, 1.82) is 0 Å². The standard InChI is InChI=1S/C10H15NOS/c1-2-3-4-6-11-10(12)9-5-7-13-8-9/h5,7-8H,2-4,6H2,1H3,(H,11,12). The molecule has 0 atom stereocenters. The summed E-state index contributed by atoms with van der Waals surface area (Å²) in [7, 11) is 0. The van der Waals surface area contributed by atoms with Gasteiger partial charge in [-0.3, -0.25) is 4.79 Å². The van der Waals surface area contributed by atoms with E-state index in [1.807, 2.05) is 16.8 Å². The molecule has 0 aliphatic carbocycles. The third-order valence-corrected chi connectivity index (χ3v) is 2.53. The number of hydrogen-bond acceptors (Lipinski definition) is 2. The van der Waals surface area contributed by atoms with Crippen molar-refractivity contribution in [2.75, 3.05) is 6.54 Å². The zero-order chi connectivity index (χ0) is 9.52. The lowest BCUT2D eigenvalue weighted by Crippen LogP contribution is -2.23. The lowest BCUT2D eigenvalue weighted by Gasteiger charge is -2.01. The number of carbonyl (C=O) groups is 1. The van der Waals surface area contributed by atoms with E-state index in [0.29, 0.717) is 0 Å². The Morgan fingerprint density at radius 2 is 2.38 bits per heavy atom. The number of hydrogen-bond donors (Lipinski definition) is 1. The van der Waals surface area contributed by atoms with Gasteiger partial charge in [0.2, 0.25) is 0 Å². The van der Waals surface area contributed by atoms with Crippen LogP contribution in [0.25, 0.3) is 0 Å². The van der Waals surface area contributed by atoms with Crippen molar-refractivity contribution >= 4 is 17.2 Å². The normalized spacial score (nSPS) is 9.92. The van der Waals surface area contributed by atoms with Gasteiger partial charge < -0.3 is 5.32 Å². The van der Waals surface area contributed by atoms with Crippen LogP contribution in [0.4, 0.5) is 0 Å². The van der Waals surface area contributed by atoms with Gasteiger partial charge >= 0.3 is 0 Å². The lowest BCUT2D eigenvalue weighted by atomic mass is 10.2. The minimum atomic E-state index is 0.0531. The first-order valence-electron chi connectivity index (χ1n) is 4.65. The predicted molar refractivity (Wildman–Crippen MR) is 56.2 cm³/mol. The van der Waals surface area contributed by atoms with Gasteiger partial charge in [-0.1, -0.05) is 19.8 Å². The number of thiophene rings is 1. The maximum atomic E-state index is 11.4. The molecule has 1 aromatic rings. The van der Waals surface area contributed by atoms with Crippen LogP contribution in [0.5, 0.6) is 0 Å². The first-order chi connectivity index (χ1) is 6.34. The van der Waals surface area contributed by atoms with Crippen molar-refractivity contribution in [2.24, 2.45) is 0 Å². The number of rotatable bonds is 5. The highest BCUT2D eigenvalue weighted by Crippen LogP contribution is 2.05. The number of amides is 1. The van der Waals surface area contributed by atoms with Crippen molar-refractivity contribution in [3.05, 3.63) is 22.4 Å². The van der Waals surface area contributed by atoms with Gasteiger partial charge in [0.15, 0.2) is 0 Å².